The zero-order valence-corrected chi connectivity index (χ0v) is 14.9. The molecule has 1 aromatic carbocycles. The van der Waals surface area contributed by atoms with E-state index < -0.39 is 0 Å². The van der Waals surface area contributed by atoms with Gasteiger partial charge >= 0.3 is 0 Å². The molecule has 1 aromatic rings. The number of nitrogens with one attached hydrogen (secondary N) is 1. The van der Waals surface area contributed by atoms with Crippen LogP contribution in [0.1, 0.15) is 31.4 Å². The molecule has 118 valence electrons. The molecule has 1 unspecified atom stereocenters. The van der Waals surface area contributed by atoms with Crippen molar-refractivity contribution < 1.29 is 0 Å². The summed E-state index contributed by atoms with van der Waals surface area (Å²) >= 11 is 3.56. The van der Waals surface area contributed by atoms with Crippen LogP contribution in [-0.2, 0) is 0 Å². The largest absolute Gasteiger partial charge is 0.313 e. The van der Waals surface area contributed by atoms with Gasteiger partial charge in [-0.3, -0.25) is 0 Å². The van der Waals surface area contributed by atoms with E-state index in [1.165, 1.54) is 57.7 Å². The fourth-order valence-corrected chi connectivity index (χ4v) is 3.48. The molecule has 21 heavy (non-hydrogen) atoms. The number of nitrogens with zero attached hydrogens (tertiary/aromatic N) is 2. The molecule has 0 bridgehead atoms. The second-order valence-electron chi connectivity index (χ2n) is 5.87. The Labute approximate surface area is 137 Å². The minimum atomic E-state index is 0.441. The summed E-state index contributed by atoms with van der Waals surface area (Å²) in [4.78, 5) is 5.19. The van der Waals surface area contributed by atoms with Gasteiger partial charge < -0.3 is 15.1 Å². The lowest BCUT2D eigenvalue weighted by molar-refractivity contribution is 0.129. The molecule has 0 aliphatic carbocycles. The molecule has 1 aliphatic rings. The molecule has 4 heteroatoms. The van der Waals surface area contributed by atoms with E-state index >= 15 is 0 Å². The van der Waals surface area contributed by atoms with Gasteiger partial charge in [-0.2, -0.15) is 0 Å². The average molecular weight is 354 g/mol. The van der Waals surface area contributed by atoms with Crippen LogP contribution in [0.3, 0.4) is 0 Å². The zero-order valence-electron chi connectivity index (χ0n) is 13.3. The van der Waals surface area contributed by atoms with Gasteiger partial charge in [0.1, 0.15) is 0 Å². The van der Waals surface area contributed by atoms with E-state index in [2.05, 4.69) is 69.3 Å². The first-order valence-corrected chi connectivity index (χ1v) is 8.89. The SMILES string of the molecule is CCCN1CCN(CCC(NC)c2cccc(Br)c2)CC1. The van der Waals surface area contributed by atoms with Crippen molar-refractivity contribution in [1.29, 1.82) is 0 Å². The van der Waals surface area contributed by atoms with Gasteiger partial charge in [-0.15, -0.1) is 0 Å². The van der Waals surface area contributed by atoms with Crippen molar-refractivity contribution in [2.75, 3.05) is 46.3 Å². The lowest BCUT2D eigenvalue weighted by Gasteiger charge is -2.35. The number of rotatable bonds is 7. The molecule has 1 atom stereocenters. The van der Waals surface area contributed by atoms with E-state index in [4.69, 9.17) is 0 Å². The fourth-order valence-electron chi connectivity index (χ4n) is 3.07. The van der Waals surface area contributed by atoms with E-state index in [0.717, 1.165) is 4.47 Å². The lowest BCUT2D eigenvalue weighted by Crippen LogP contribution is -2.47. The Kier molecular flexibility index (Phi) is 7.17. The number of hydrogen-bond acceptors (Lipinski definition) is 3. The molecule has 0 radical (unpaired) electrons. The van der Waals surface area contributed by atoms with Gasteiger partial charge in [-0.1, -0.05) is 35.0 Å². The maximum absolute atomic E-state index is 3.56. The summed E-state index contributed by atoms with van der Waals surface area (Å²) < 4.78 is 1.16. The molecule has 0 aromatic heterocycles. The third-order valence-corrected chi connectivity index (χ3v) is 4.83. The van der Waals surface area contributed by atoms with E-state index in [9.17, 15) is 0 Å². The summed E-state index contributed by atoms with van der Waals surface area (Å²) in [6.45, 7) is 9.60. The van der Waals surface area contributed by atoms with Gasteiger partial charge in [0.2, 0.25) is 0 Å². The van der Waals surface area contributed by atoms with Crippen LogP contribution in [0, 0.1) is 0 Å². The van der Waals surface area contributed by atoms with Crippen molar-refractivity contribution in [2.45, 2.75) is 25.8 Å². The molecule has 1 aliphatic heterocycles. The number of benzene rings is 1. The van der Waals surface area contributed by atoms with Crippen molar-refractivity contribution in [3.63, 3.8) is 0 Å². The third kappa shape index (κ3) is 5.37. The molecule has 0 spiro atoms. The van der Waals surface area contributed by atoms with Crippen LogP contribution in [0.15, 0.2) is 28.7 Å². The summed E-state index contributed by atoms with van der Waals surface area (Å²) in [6, 6.07) is 9.08. The van der Waals surface area contributed by atoms with Gasteiger partial charge in [0.15, 0.2) is 0 Å². The maximum atomic E-state index is 3.56. The monoisotopic (exact) mass is 353 g/mol. The normalized spacial score (nSPS) is 18.8. The lowest BCUT2D eigenvalue weighted by atomic mass is 10.0. The van der Waals surface area contributed by atoms with Crippen molar-refractivity contribution >= 4 is 15.9 Å². The van der Waals surface area contributed by atoms with Crippen LogP contribution in [0.25, 0.3) is 0 Å². The summed E-state index contributed by atoms with van der Waals surface area (Å²) in [7, 11) is 2.06. The molecule has 0 saturated carbocycles. The smallest absolute Gasteiger partial charge is 0.0330 e. The van der Waals surface area contributed by atoms with Gasteiger partial charge in [0, 0.05) is 43.2 Å². The number of halogens is 1. The molecular formula is C17H28BrN3. The highest BCUT2D eigenvalue weighted by atomic mass is 79.9. The van der Waals surface area contributed by atoms with Crippen molar-refractivity contribution in [1.82, 2.24) is 15.1 Å². The Balaban J connectivity index is 1.79. The predicted molar refractivity (Wildman–Crippen MR) is 93.7 cm³/mol. The quantitative estimate of drug-likeness (QED) is 0.812. The highest BCUT2D eigenvalue weighted by Gasteiger charge is 2.17. The average Bonchev–Trinajstić information content (AvgIpc) is 2.50. The molecule has 1 saturated heterocycles. The standard InChI is InChI=1S/C17H28BrN3/c1-3-8-20-10-12-21(13-11-20)9-7-17(19-2)15-5-4-6-16(18)14-15/h4-6,14,17,19H,3,7-13H2,1-2H3. The van der Waals surface area contributed by atoms with Crippen LogP contribution < -0.4 is 5.32 Å². The van der Waals surface area contributed by atoms with E-state index in [1.54, 1.807) is 0 Å². The fraction of sp³-hybridized carbons (Fsp3) is 0.647. The highest BCUT2D eigenvalue weighted by molar-refractivity contribution is 9.10. The predicted octanol–water partition coefficient (Wildman–Crippen LogP) is 3.13. The Hall–Kier alpha value is -0.420. The first-order chi connectivity index (χ1) is 10.2. The van der Waals surface area contributed by atoms with Gasteiger partial charge in [-0.05, 0) is 44.1 Å². The Bertz CT molecular complexity index is 416. The van der Waals surface area contributed by atoms with Crippen LogP contribution in [0.4, 0.5) is 0 Å². The van der Waals surface area contributed by atoms with E-state index in [1.807, 2.05) is 0 Å². The molecule has 1 N–H and O–H groups in total. The topological polar surface area (TPSA) is 18.5 Å². The number of hydrogen-bond donors (Lipinski definition) is 1. The summed E-state index contributed by atoms with van der Waals surface area (Å²) in [5.41, 5.74) is 1.37. The van der Waals surface area contributed by atoms with E-state index in [-0.39, 0.29) is 0 Å². The molecular weight excluding hydrogens is 326 g/mol. The molecule has 1 fully saturated rings. The van der Waals surface area contributed by atoms with Crippen molar-refractivity contribution in [2.24, 2.45) is 0 Å². The van der Waals surface area contributed by atoms with Crippen LogP contribution >= 0.6 is 15.9 Å². The molecule has 0 amide bonds. The molecule has 1 heterocycles. The number of piperazine rings is 1. The maximum Gasteiger partial charge on any atom is 0.0330 e. The van der Waals surface area contributed by atoms with Gasteiger partial charge in [0.05, 0.1) is 0 Å². The van der Waals surface area contributed by atoms with Crippen LogP contribution in [0.2, 0.25) is 0 Å². The molecule has 2 rings (SSSR count). The van der Waals surface area contributed by atoms with Gasteiger partial charge in [0.25, 0.3) is 0 Å². The Morgan fingerprint density at radius 1 is 1.14 bits per heavy atom. The summed E-state index contributed by atoms with van der Waals surface area (Å²) in [5, 5.41) is 3.46. The van der Waals surface area contributed by atoms with Crippen molar-refractivity contribution in [3.05, 3.63) is 34.3 Å². The zero-order chi connectivity index (χ0) is 15.1. The third-order valence-electron chi connectivity index (χ3n) is 4.34. The van der Waals surface area contributed by atoms with Gasteiger partial charge in [-0.25, -0.2) is 0 Å². The van der Waals surface area contributed by atoms with Crippen LogP contribution in [-0.4, -0.2) is 56.1 Å². The minimum absolute atomic E-state index is 0.441. The van der Waals surface area contributed by atoms with E-state index in [0.29, 0.717) is 6.04 Å². The second kappa shape index (κ2) is 8.89. The first-order valence-electron chi connectivity index (χ1n) is 8.10. The van der Waals surface area contributed by atoms with Crippen LogP contribution in [0.5, 0.6) is 0 Å². The van der Waals surface area contributed by atoms with Crippen molar-refractivity contribution in [3.8, 4) is 0 Å². The summed E-state index contributed by atoms with van der Waals surface area (Å²) in [5.74, 6) is 0. The molecule has 3 nitrogen and oxygen atoms in total. The second-order valence-corrected chi connectivity index (χ2v) is 6.78. The summed E-state index contributed by atoms with van der Waals surface area (Å²) in [6.07, 6.45) is 2.44. The highest BCUT2D eigenvalue weighted by Crippen LogP contribution is 2.21. The Morgan fingerprint density at radius 2 is 1.81 bits per heavy atom. The first kappa shape index (κ1) is 16.9. The Morgan fingerprint density at radius 3 is 2.38 bits per heavy atom. The minimum Gasteiger partial charge on any atom is -0.313 e.